The van der Waals surface area contributed by atoms with Gasteiger partial charge in [-0.3, -0.25) is 0 Å². The average Bonchev–Trinajstić information content (AvgIpc) is 1.66. The van der Waals surface area contributed by atoms with Gasteiger partial charge >= 0.3 is 0 Å². The Morgan fingerprint density at radius 3 is 0.879 bits per heavy atom. The molecule has 4 heteroatoms. The van der Waals surface area contributed by atoms with Crippen LogP contribution < -0.4 is 18.3 Å². The van der Waals surface area contributed by atoms with Gasteiger partial charge in [0.15, 0.2) is 24.8 Å². The third-order valence-electron chi connectivity index (χ3n) is 26.0. The number of aryl methyl sites for hydroxylation is 9. The van der Waals surface area contributed by atoms with Gasteiger partial charge in [0.05, 0.1) is 0 Å². The normalized spacial score (nSPS) is 14.4. The fourth-order valence-electron chi connectivity index (χ4n) is 19.7. The summed E-state index contributed by atoms with van der Waals surface area (Å²) in [6, 6.07) is 93.8. The Morgan fingerprint density at radius 1 is 0.290 bits per heavy atom. The quantitative estimate of drug-likeness (QED) is 0.115. The van der Waals surface area contributed by atoms with Crippen LogP contribution in [-0.2, 0) is 60.2 Å². The Balaban J connectivity index is 0.000000127. The van der Waals surface area contributed by atoms with Crippen molar-refractivity contribution in [2.45, 2.75) is 154 Å². The minimum absolute atomic E-state index is 0.0539. The predicted molar refractivity (Wildman–Crippen MR) is 521 cm³/mol. The van der Waals surface area contributed by atoms with Crippen LogP contribution >= 0.6 is 0 Å². The van der Waals surface area contributed by atoms with Gasteiger partial charge in [0.2, 0.25) is 22.8 Å². The number of rotatable bonds is 11. The molecule has 0 saturated heterocycles. The first-order valence-electron chi connectivity index (χ1n) is 50.0. The smallest absolute Gasteiger partial charge is 0.201 e. The summed E-state index contributed by atoms with van der Waals surface area (Å²) >= 11 is 0. The van der Waals surface area contributed by atoms with Gasteiger partial charge in [-0.05, 0) is 314 Å². The second-order valence-electron chi connectivity index (χ2n) is 35.9. The van der Waals surface area contributed by atoms with Gasteiger partial charge in [0, 0.05) is 86.6 Å². The number of benzene rings is 12. The van der Waals surface area contributed by atoms with Crippen molar-refractivity contribution >= 4 is 0 Å². The Hall–Kier alpha value is -12.8. The van der Waals surface area contributed by atoms with Gasteiger partial charge in [-0.25, -0.2) is 18.3 Å². The van der Waals surface area contributed by atoms with E-state index in [1.54, 1.807) is 38.5 Å². The molecule has 0 unspecified atom stereocenters. The molecule has 4 heterocycles. The molecule has 4 aliphatic rings. The lowest BCUT2D eigenvalue weighted by atomic mass is 9.85. The van der Waals surface area contributed by atoms with Gasteiger partial charge < -0.3 is 0 Å². The standard InChI is InChI=1S/C32H34N.2C30H30N.C28H26N/c1-21-20-33(6)30(17-25(21)19-32(3,4)5)27-18-29(23-12-8-7-9-13-23)31-26-15-11-10-14-24(26)16-28(31)22(27)2;1-19(2)25-17-29(31(5)18-20(25)3)26-16-28(22-11-7-6-8-12-22)30-24-14-10-9-13-23(24)15-27(30)21(26)4;1-19(2)28-18-31(5)29(15-20(28)3)25-17-27(22-11-7-6-8-12-22)30-24-14-10-9-13-23(24)16-26(30)21(25)4;1-18-14-27(29(4)17-19(18)2)24-16-26(21-10-6-5-7-11-21)28-23-13-9-8-12-22(23)15-25(28)20(24)3/h7-15,17-18,20H,16,19H2,1-6H3;6-14,16-19H,15H2,1-5H3;6-15,17-19H,16H2,1-5H3;5-14,16-17H,15H2,1-4H3/q4*+1/i1D3,19D2;3D3,19D;19D;2D3. The molecule has 0 aliphatic heterocycles. The molecule has 124 heavy (non-hydrogen) atoms. The zero-order valence-electron chi connectivity index (χ0n) is 87.8. The maximum absolute atomic E-state index is 9.02. The van der Waals surface area contributed by atoms with Crippen LogP contribution in [-0.4, -0.2) is 0 Å². The molecule has 0 spiro atoms. The van der Waals surface area contributed by atoms with E-state index in [0.717, 1.165) is 92.8 Å². The van der Waals surface area contributed by atoms with Crippen molar-refractivity contribution in [3.05, 3.63) is 403 Å². The Kier molecular flexibility index (Phi) is 18.9. The second-order valence-corrected chi connectivity index (χ2v) is 35.9. The minimum atomic E-state index is -2.44. The first-order valence-corrected chi connectivity index (χ1v) is 43.5. The van der Waals surface area contributed by atoms with Crippen molar-refractivity contribution in [2.75, 3.05) is 0 Å². The highest BCUT2D eigenvalue weighted by molar-refractivity contribution is 5.99. The van der Waals surface area contributed by atoms with Crippen LogP contribution in [0.15, 0.2) is 292 Å². The molecule has 16 aromatic rings. The predicted octanol–water partition coefficient (Wildman–Crippen LogP) is 28.3. The third-order valence-corrected chi connectivity index (χ3v) is 26.0. The van der Waals surface area contributed by atoms with E-state index < -0.39 is 44.1 Å². The summed E-state index contributed by atoms with van der Waals surface area (Å²) < 4.78 is 116. The summed E-state index contributed by atoms with van der Waals surface area (Å²) in [6.07, 6.45) is 8.94. The summed E-state index contributed by atoms with van der Waals surface area (Å²) in [5.41, 5.74) is 47.8. The van der Waals surface area contributed by atoms with E-state index in [9.17, 15) is 0 Å². The van der Waals surface area contributed by atoms with E-state index in [1.807, 2.05) is 119 Å². The van der Waals surface area contributed by atoms with Crippen LogP contribution in [0, 0.1) is 67.5 Å². The number of hydrogen-bond acceptors (Lipinski definition) is 0. The van der Waals surface area contributed by atoms with Crippen LogP contribution in [0.4, 0.5) is 0 Å². The number of hydrogen-bond donors (Lipinski definition) is 0. The molecule has 12 aromatic carbocycles. The monoisotopic (exact) mass is 1630 g/mol. The summed E-state index contributed by atoms with van der Waals surface area (Å²) in [5.74, 6) is -1.67. The van der Waals surface area contributed by atoms with E-state index in [4.69, 9.17) is 17.8 Å². The van der Waals surface area contributed by atoms with Crippen LogP contribution in [0.3, 0.4) is 0 Å². The second kappa shape index (κ2) is 34.2. The van der Waals surface area contributed by atoms with Crippen molar-refractivity contribution in [1.29, 1.82) is 0 Å². The van der Waals surface area contributed by atoms with Crippen molar-refractivity contribution < 1.29 is 36.1 Å². The largest absolute Gasteiger partial charge is 0.212 e. The van der Waals surface area contributed by atoms with Gasteiger partial charge in [-0.1, -0.05) is 267 Å². The first kappa shape index (κ1) is 68.7. The molecule has 0 saturated carbocycles. The highest BCUT2D eigenvalue weighted by Crippen LogP contribution is 2.53. The third kappa shape index (κ3) is 15.8. The molecule has 4 aromatic heterocycles. The fourth-order valence-corrected chi connectivity index (χ4v) is 19.7. The molecular formula is C120H120N4+4. The summed E-state index contributed by atoms with van der Waals surface area (Å²) in [7, 11) is 7.79. The highest BCUT2D eigenvalue weighted by atomic mass is 14.9. The molecular weight excluding hydrogens is 1500 g/mol. The van der Waals surface area contributed by atoms with Crippen molar-refractivity contribution in [3.63, 3.8) is 0 Å². The van der Waals surface area contributed by atoms with Crippen molar-refractivity contribution in [1.82, 2.24) is 0 Å². The van der Waals surface area contributed by atoms with Crippen LogP contribution in [0.1, 0.15) is 189 Å². The molecule has 0 atom stereocenters. The Morgan fingerprint density at radius 2 is 0.565 bits per heavy atom. The van der Waals surface area contributed by atoms with E-state index in [1.165, 1.54) is 150 Å². The molecule has 0 fully saturated rings. The van der Waals surface area contributed by atoms with Crippen LogP contribution in [0.25, 0.3) is 134 Å². The maximum Gasteiger partial charge on any atom is 0.212 e. The maximum atomic E-state index is 9.02. The van der Waals surface area contributed by atoms with Crippen LogP contribution in [0.5, 0.6) is 0 Å². The summed E-state index contributed by atoms with van der Waals surface area (Å²) in [5, 5.41) is 0. The molecule has 4 aliphatic carbocycles. The molecule has 0 amide bonds. The van der Waals surface area contributed by atoms with Gasteiger partial charge in [0.1, 0.15) is 28.2 Å². The number of pyridine rings is 4. The first-order chi connectivity index (χ1) is 64.7. The SMILES string of the molecule is [2H]C(C)(C)c1c[n+](C)c(-c2cc(-c3ccccc3)c3c(c2C)Cc2ccccc2-3)cc1C.[2H]C([2H])([2H])c1c[n+](C)c(-c2cc(-c3ccccc3)c3c(c2C)Cc2ccccc2-3)cc1C.[2H]C([2H])([2H])c1c[n+](C)c(-c2cc(-c3ccccc3)c3c(c2C)Cc2ccccc2-3)cc1C([2H])(C)C.[2H]C([2H])([2H])c1c[n+](C)c(-c2cc(-c3ccccc3)c3c(c2C)Cc2ccccc2-3)cc1C([2H])([2H])C(C)(C)C. The molecule has 0 N–H and O–H groups in total. The topological polar surface area (TPSA) is 15.5 Å². The van der Waals surface area contributed by atoms with E-state index in [0.29, 0.717) is 11.1 Å². The highest BCUT2D eigenvalue weighted by Gasteiger charge is 2.35. The number of fused-ring (bicyclic) bond motifs is 12. The van der Waals surface area contributed by atoms with Gasteiger partial charge in [-0.2, -0.15) is 0 Å². The zero-order chi connectivity index (χ0) is 98.0. The van der Waals surface area contributed by atoms with E-state index in [2.05, 4.69) is 271 Å². The molecule has 20 rings (SSSR count). The fraction of sp³-hybridized carbons (Fsp3) is 0.233. The zero-order valence-corrected chi connectivity index (χ0v) is 74.8. The van der Waals surface area contributed by atoms with Gasteiger partial charge in [0.25, 0.3) is 0 Å². The molecule has 4 nitrogen and oxygen atoms in total. The molecule has 0 radical (unpaired) electrons. The Labute approximate surface area is 756 Å². The van der Waals surface area contributed by atoms with E-state index in [-0.39, 0.29) is 16.7 Å². The Bertz CT molecular complexity index is 7240. The van der Waals surface area contributed by atoms with Crippen LogP contribution in [0.2, 0.25) is 0 Å². The lowest BCUT2D eigenvalue weighted by molar-refractivity contribution is -0.661. The molecule has 616 valence electrons. The number of aromatic nitrogens is 4. The summed E-state index contributed by atoms with van der Waals surface area (Å²) in [4.78, 5) is 0. The minimum Gasteiger partial charge on any atom is -0.201 e. The lowest BCUT2D eigenvalue weighted by Gasteiger charge is -2.20. The van der Waals surface area contributed by atoms with Crippen molar-refractivity contribution in [3.8, 4) is 134 Å². The lowest BCUT2D eigenvalue weighted by Crippen LogP contribution is -2.32. The van der Waals surface area contributed by atoms with Gasteiger partial charge in [-0.15, -0.1) is 0 Å². The van der Waals surface area contributed by atoms with Crippen molar-refractivity contribution in [2.24, 2.45) is 33.6 Å². The number of nitrogens with zero attached hydrogens (tertiary/aromatic N) is 4. The average molecular weight is 1630 g/mol. The molecule has 0 bridgehead atoms. The van der Waals surface area contributed by atoms with E-state index >= 15 is 0 Å². The summed E-state index contributed by atoms with van der Waals surface area (Å²) in [6.45, 7) is 18.8.